The van der Waals surface area contributed by atoms with E-state index in [4.69, 9.17) is 0 Å². The van der Waals surface area contributed by atoms with Crippen LogP contribution in [-0.4, -0.2) is 29.5 Å². The first kappa shape index (κ1) is 22.7. The van der Waals surface area contributed by atoms with E-state index in [-0.39, 0.29) is 11.6 Å². The molecule has 0 spiro atoms. The Labute approximate surface area is 182 Å². The van der Waals surface area contributed by atoms with Crippen LogP contribution in [0.1, 0.15) is 42.4 Å². The third-order valence-electron chi connectivity index (χ3n) is 6.07. The lowest BCUT2D eigenvalue weighted by Crippen LogP contribution is -2.27. The molecule has 2 heterocycles. The van der Waals surface area contributed by atoms with Crippen LogP contribution in [0.15, 0.2) is 42.5 Å². The SMILES string of the molecule is FC(F)(F)c1cc(-c2[nH]c3ccccc3c2CCN2CCCCCC2)cc(C(F)(F)F)c1. The molecule has 2 nitrogen and oxygen atoms in total. The van der Waals surface area contributed by atoms with Crippen molar-refractivity contribution in [3.63, 3.8) is 0 Å². The molecule has 1 fully saturated rings. The molecule has 0 atom stereocenters. The maximum absolute atomic E-state index is 13.4. The molecular formula is C24H24F6N2. The maximum Gasteiger partial charge on any atom is 0.416 e. The van der Waals surface area contributed by atoms with Gasteiger partial charge >= 0.3 is 12.4 Å². The second-order valence-electron chi connectivity index (χ2n) is 8.32. The van der Waals surface area contributed by atoms with E-state index in [0.717, 1.165) is 49.0 Å². The lowest BCUT2D eigenvalue weighted by atomic mass is 9.98. The van der Waals surface area contributed by atoms with Gasteiger partial charge in [-0.25, -0.2) is 0 Å². The summed E-state index contributed by atoms with van der Waals surface area (Å²) in [7, 11) is 0. The van der Waals surface area contributed by atoms with E-state index in [1.807, 2.05) is 12.1 Å². The van der Waals surface area contributed by atoms with Crippen molar-refractivity contribution in [1.29, 1.82) is 0 Å². The molecule has 1 aliphatic rings. The summed E-state index contributed by atoms with van der Waals surface area (Å²) < 4.78 is 80.4. The van der Waals surface area contributed by atoms with Crippen LogP contribution in [0.5, 0.6) is 0 Å². The number of aromatic nitrogens is 1. The van der Waals surface area contributed by atoms with Crippen LogP contribution in [-0.2, 0) is 18.8 Å². The second kappa shape index (κ2) is 8.81. The van der Waals surface area contributed by atoms with Gasteiger partial charge in [-0.1, -0.05) is 31.0 Å². The van der Waals surface area contributed by atoms with Gasteiger partial charge in [0.1, 0.15) is 0 Å². The van der Waals surface area contributed by atoms with Crippen molar-refractivity contribution in [3.05, 3.63) is 59.2 Å². The number of nitrogens with one attached hydrogen (secondary N) is 1. The largest absolute Gasteiger partial charge is 0.416 e. The summed E-state index contributed by atoms with van der Waals surface area (Å²) in [4.78, 5) is 5.41. The molecule has 0 radical (unpaired) electrons. The Bertz CT molecular complexity index is 1040. The minimum atomic E-state index is -4.88. The molecular weight excluding hydrogens is 430 g/mol. The number of hydrogen-bond donors (Lipinski definition) is 1. The molecule has 0 amide bonds. The van der Waals surface area contributed by atoms with Crippen LogP contribution in [0.2, 0.25) is 0 Å². The van der Waals surface area contributed by atoms with Crippen LogP contribution < -0.4 is 0 Å². The molecule has 1 N–H and O–H groups in total. The van der Waals surface area contributed by atoms with E-state index in [2.05, 4.69) is 9.88 Å². The number of nitrogens with zero attached hydrogens (tertiary/aromatic N) is 1. The van der Waals surface area contributed by atoms with Crippen molar-refractivity contribution in [2.24, 2.45) is 0 Å². The fourth-order valence-corrected chi connectivity index (χ4v) is 4.44. The van der Waals surface area contributed by atoms with Gasteiger partial charge in [-0.2, -0.15) is 26.3 Å². The standard InChI is InChI=1S/C24H24F6N2/c25-23(26,27)17-13-16(14-18(15-17)24(28,29)30)22-20(19-7-3-4-8-21(19)31-22)9-12-32-10-5-1-2-6-11-32/h3-4,7-8,13-15,31H,1-2,5-6,9-12H2. The highest BCUT2D eigenvalue weighted by Crippen LogP contribution is 2.40. The van der Waals surface area contributed by atoms with Crippen molar-refractivity contribution in [2.75, 3.05) is 19.6 Å². The van der Waals surface area contributed by atoms with Crippen molar-refractivity contribution >= 4 is 10.9 Å². The molecule has 0 unspecified atom stereocenters. The number of alkyl halides is 6. The van der Waals surface area contributed by atoms with Crippen LogP contribution >= 0.6 is 0 Å². The van der Waals surface area contributed by atoms with Gasteiger partial charge in [0, 0.05) is 23.1 Å². The summed E-state index contributed by atoms with van der Waals surface area (Å²) in [6.45, 7) is 2.62. The third-order valence-corrected chi connectivity index (χ3v) is 6.07. The lowest BCUT2D eigenvalue weighted by Gasteiger charge is -2.20. The average molecular weight is 454 g/mol. The van der Waals surface area contributed by atoms with Gasteiger partial charge in [0.2, 0.25) is 0 Å². The number of fused-ring (bicyclic) bond motifs is 1. The Hall–Kier alpha value is -2.48. The Balaban J connectivity index is 1.79. The predicted molar refractivity (Wildman–Crippen MR) is 112 cm³/mol. The van der Waals surface area contributed by atoms with Crippen molar-refractivity contribution < 1.29 is 26.3 Å². The molecule has 1 saturated heterocycles. The minimum absolute atomic E-state index is 0.103. The van der Waals surface area contributed by atoms with Gasteiger partial charge in [0.15, 0.2) is 0 Å². The fraction of sp³-hybridized carbons (Fsp3) is 0.417. The molecule has 0 aliphatic carbocycles. The first-order valence-corrected chi connectivity index (χ1v) is 10.7. The normalized spacial score (nSPS) is 16.4. The third kappa shape index (κ3) is 4.95. The molecule has 0 bridgehead atoms. The summed E-state index contributed by atoms with van der Waals surface area (Å²) in [6.07, 6.45) is -4.66. The lowest BCUT2D eigenvalue weighted by molar-refractivity contribution is -0.143. The molecule has 8 heteroatoms. The molecule has 1 aromatic heterocycles. The first-order valence-electron chi connectivity index (χ1n) is 10.7. The fourth-order valence-electron chi connectivity index (χ4n) is 4.44. The molecule has 172 valence electrons. The van der Waals surface area contributed by atoms with Gasteiger partial charge in [-0.15, -0.1) is 0 Å². The van der Waals surface area contributed by atoms with Crippen LogP contribution in [0.25, 0.3) is 22.2 Å². The minimum Gasteiger partial charge on any atom is -0.354 e. The topological polar surface area (TPSA) is 19.0 Å². The number of hydrogen-bond acceptors (Lipinski definition) is 1. The zero-order valence-corrected chi connectivity index (χ0v) is 17.4. The van der Waals surface area contributed by atoms with Crippen molar-refractivity contribution in [2.45, 2.75) is 44.5 Å². The van der Waals surface area contributed by atoms with E-state index in [9.17, 15) is 26.3 Å². The summed E-state index contributed by atoms with van der Waals surface area (Å²) in [5.41, 5.74) is -0.956. The number of H-pyrrole nitrogens is 1. The van der Waals surface area contributed by atoms with Gasteiger partial charge in [0.05, 0.1) is 11.1 Å². The summed E-state index contributed by atoms with van der Waals surface area (Å²) in [5, 5.41) is 0.822. The number of rotatable bonds is 4. The van der Waals surface area contributed by atoms with E-state index in [0.29, 0.717) is 24.2 Å². The Morgan fingerprint density at radius 3 is 1.97 bits per heavy atom. The number of aromatic amines is 1. The van der Waals surface area contributed by atoms with E-state index < -0.39 is 23.5 Å². The number of para-hydroxylation sites is 1. The Kier molecular flexibility index (Phi) is 6.25. The van der Waals surface area contributed by atoms with Gasteiger partial charge < -0.3 is 9.88 Å². The highest BCUT2D eigenvalue weighted by atomic mass is 19.4. The summed E-state index contributed by atoms with van der Waals surface area (Å²) >= 11 is 0. The summed E-state index contributed by atoms with van der Waals surface area (Å²) in [5.74, 6) is 0. The molecule has 4 rings (SSSR count). The van der Waals surface area contributed by atoms with Crippen molar-refractivity contribution in [3.8, 4) is 11.3 Å². The van der Waals surface area contributed by atoms with Crippen molar-refractivity contribution in [1.82, 2.24) is 9.88 Å². The van der Waals surface area contributed by atoms with Crippen LogP contribution in [0.3, 0.4) is 0 Å². The summed E-state index contributed by atoms with van der Waals surface area (Å²) in [6, 6.07) is 9.02. The monoisotopic (exact) mass is 454 g/mol. The smallest absolute Gasteiger partial charge is 0.354 e. The highest BCUT2D eigenvalue weighted by Gasteiger charge is 2.37. The number of benzene rings is 2. The molecule has 0 saturated carbocycles. The molecule has 3 aromatic rings. The predicted octanol–water partition coefficient (Wildman–Crippen LogP) is 7.29. The highest BCUT2D eigenvalue weighted by molar-refractivity contribution is 5.91. The maximum atomic E-state index is 13.4. The van der Waals surface area contributed by atoms with Crippen LogP contribution in [0, 0.1) is 0 Å². The van der Waals surface area contributed by atoms with E-state index in [1.54, 1.807) is 12.1 Å². The first-order chi connectivity index (χ1) is 15.1. The molecule has 1 aliphatic heterocycles. The van der Waals surface area contributed by atoms with E-state index >= 15 is 0 Å². The Morgan fingerprint density at radius 2 is 1.38 bits per heavy atom. The van der Waals surface area contributed by atoms with Crippen LogP contribution in [0.4, 0.5) is 26.3 Å². The average Bonchev–Trinajstić information content (AvgIpc) is 2.90. The number of likely N-dealkylation sites (tertiary alicyclic amines) is 1. The zero-order chi connectivity index (χ0) is 22.9. The van der Waals surface area contributed by atoms with E-state index in [1.165, 1.54) is 12.8 Å². The van der Waals surface area contributed by atoms with Gasteiger partial charge in [-0.05, 0) is 67.7 Å². The number of halogens is 6. The Morgan fingerprint density at radius 1 is 0.781 bits per heavy atom. The van der Waals surface area contributed by atoms with Gasteiger partial charge in [-0.3, -0.25) is 0 Å². The molecule has 2 aromatic carbocycles. The quantitative estimate of drug-likeness (QED) is 0.410. The zero-order valence-electron chi connectivity index (χ0n) is 17.4. The van der Waals surface area contributed by atoms with Gasteiger partial charge in [0.25, 0.3) is 0 Å². The second-order valence-corrected chi connectivity index (χ2v) is 8.32. The molecule has 32 heavy (non-hydrogen) atoms.